The van der Waals surface area contributed by atoms with Crippen LogP contribution in [0, 0.1) is 0 Å². The number of carbonyl (C=O) groups excluding carboxylic acids is 2. The SMILES string of the molecule is COc1ccc(Cl)cc1NC1=C(c2ccccc2)C(=O)N(c2cccc(N(C)C)c2)C1=O. The maximum absolute atomic E-state index is 13.6. The number of methoxy groups -OCH3 is 1. The molecule has 0 aromatic heterocycles. The van der Waals surface area contributed by atoms with Gasteiger partial charge in [0.05, 0.1) is 24.1 Å². The van der Waals surface area contributed by atoms with Crippen molar-refractivity contribution in [3.05, 3.63) is 89.1 Å². The first-order valence-electron chi connectivity index (χ1n) is 9.97. The molecular formula is C25H22ClN3O3. The summed E-state index contributed by atoms with van der Waals surface area (Å²) in [6.07, 6.45) is 0. The van der Waals surface area contributed by atoms with Crippen molar-refractivity contribution in [2.45, 2.75) is 0 Å². The Balaban J connectivity index is 1.84. The molecule has 0 unspecified atom stereocenters. The Kier molecular flexibility index (Phi) is 5.88. The van der Waals surface area contributed by atoms with Crippen LogP contribution in [-0.2, 0) is 9.59 Å². The Labute approximate surface area is 191 Å². The summed E-state index contributed by atoms with van der Waals surface area (Å²) in [7, 11) is 5.33. The highest BCUT2D eigenvalue weighted by molar-refractivity contribution is 6.46. The summed E-state index contributed by atoms with van der Waals surface area (Å²) < 4.78 is 5.41. The maximum atomic E-state index is 13.6. The monoisotopic (exact) mass is 447 g/mol. The van der Waals surface area contributed by atoms with Gasteiger partial charge in [-0.1, -0.05) is 48.0 Å². The number of hydrogen-bond acceptors (Lipinski definition) is 5. The van der Waals surface area contributed by atoms with Gasteiger partial charge in [-0.2, -0.15) is 0 Å². The summed E-state index contributed by atoms with van der Waals surface area (Å²) in [5.74, 6) is -0.352. The number of nitrogens with one attached hydrogen (secondary N) is 1. The van der Waals surface area contributed by atoms with Crippen LogP contribution < -0.4 is 19.9 Å². The van der Waals surface area contributed by atoms with Crippen molar-refractivity contribution in [2.75, 3.05) is 36.3 Å². The van der Waals surface area contributed by atoms with E-state index in [1.165, 1.54) is 12.0 Å². The smallest absolute Gasteiger partial charge is 0.282 e. The van der Waals surface area contributed by atoms with E-state index in [4.69, 9.17) is 16.3 Å². The zero-order chi connectivity index (χ0) is 22.8. The number of amides is 2. The average molecular weight is 448 g/mol. The molecule has 6 nitrogen and oxygen atoms in total. The third-order valence-corrected chi connectivity index (χ3v) is 5.41. The van der Waals surface area contributed by atoms with Crippen molar-refractivity contribution in [1.82, 2.24) is 0 Å². The van der Waals surface area contributed by atoms with Crippen LogP contribution >= 0.6 is 11.6 Å². The Morgan fingerprint density at radius 3 is 2.34 bits per heavy atom. The fraction of sp³-hybridized carbons (Fsp3) is 0.120. The van der Waals surface area contributed by atoms with Gasteiger partial charge < -0.3 is 15.0 Å². The molecule has 0 aliphatic carbocycles. The Bertz CT molecular complexity index is 1220. The second-order valence-corrected chi connectivity index (χ2v) is 7.88. The molecule has 32 heavy (non-hydrogen) atoms. The Hall–Kier alpha value is -3.77. The topological polar surface area (TPSA) is 61.9 Å². The quantitative estimate of drug-likeness (QED) is 0.549. The van der Waals surface area contributed by atoms with E-state index in [0.29, 0.717) is 27.7 Å². The minimum atomic E-state index is -0.452. The number of hydrogen-bond donors (Lipinski definition) is 1. The zero-order valence-corrected chi connectivity index (χ0v) is 18.7. The number of halogens is 1. The van der Waals surface area contributed by atoms with Crippen LogP contribution in [0.3, 0.4) is 0 Å². The molecule has 0 fully saturated rings. The van der Waals surface area contributed by atoms with E-state index in [9.17, 15) is 9.59 Å². The highest BCUT2D eigenvalue weighted by atomic mass is 35.5. The van der Waals surface area contributed by atoms with Crippen molar-refractivity contribution in [3.8, 4) is 5.75 Å². The zero-order valence-electron chi connectivity index (χ0n) is 17.9. The van der Waals surface area contributed by atoms with Crippen molar-refractivity contribution in [2.24, 2.45) is 0 Å². The van der Waals surface area contributed by atoms with Gasteiger partial charge in [-0.3, -0.25) is 9.59 Å². The first-order valence-corrected chi connectivity index (χ1v) is 10.3. The maximum Gasteiger partial charge on any atom is 0.282 e. The summed E-state index contributed by atoms with van der Waals surface area (Å²) in [6, 6.07) is 21.4. The molecule has 1 aliphatic heterocycles. The summed E-state index contributed by atoms with van der Waals surface area (Å²) in [4.78, 5) is 30.2. The first-order chi connectivity index (χ1) is 15.4. The summed E-state index contributed by atoms with van der Waals surface area (Å²) in [5, 5.41) is 3.59. The molecule has 0 saturated carbocycles. The molecule has 1 heterocycles. The lowest BCUT2D eigenvalue weighted by Crippen LogP contribution is -2.32. The molecule has 3 aromatic carbocycles. The molecule has 3 aromatic rings. The third kappa shape index (κ3) is 3.92. The lowest BCUT2D eigenvalue weighted by molar-refractivity contribution is -0.120. The molecule has 1 N–H and O–H groups in total. The molecule has 0 atom stereocenters. The third-order valence-electron chi connectivity index (χ3n) is 5.17. The number of rotatable bonds is 6. The summed E-state index contributed by atoms with van der Waals surface area (Å²) in [5.41, 5.74) is 2.95. The summed E-state index contributed by atoms with van der Waals surface area (Å²) >= 11 is 6.17. The predicted molar refractivity (Wildman–Crippen MR) is 128 cm³/mol. The van der Waals surface area contributed by atoms with Gasteiger partial charge in [0.1, 0.15) is 11.4 Å². The van der Waals surface area contributed by atoms with Gasteiger partial charge in [0, 0.05) is 24.8 Å². The van der Waals surface area contributed by atoms with Crippen LogP contribution in [0.2, 0.25) is 5.02 Å². The minimum absolute atomic E-state index is 0.164. The molecule has 162 valence electrons. The fourth-order valence-corrected chi connectivity index (χ4v) is 3.75. The van der Waals surface area contributed by atoms with E-state index in [2.05, 4.69) is 5.32 Å². The molecule has 1 aliphatic rings. The number of imide groups is 1. The molecule has 2 amide bonds. The van der Waals surface area contributed by atoms with Crippen LogP contribution in [-0.4, -0.2) is 33.0 Å². The highest BCUT2D eigenvalue weighted by Crippen LogP contribution is 2.37. The highest BCUT2D eigenvalue weighted by Gasteiger charge is 2.40. The van der Waals surface area contributed by atoms with Gasteiger partial charge in [0.2, 0.25) is 0 Å². The van der Waals surface area contributed by atoms with Gasteiger partial charge in [-0.15, -0.1) is 0 Å². The van der Waals surface area contributed by atoms with E-state index in [-0.39, 0.29) is 11.3 Å². The largest absolute Gasteiger partial charge is 0.495 e. The van der Waals surface area contributed by atoms with Crippen LogP contribution in [0.15, 0.2) is 78.5 Å². The first kappa shape index (κ1) is 21.5. The molecule has 4 rings (SSSR count). The van der Waals surface area contributed by atoms with Gasteiger partial charge in [-0.05, 0) is 42.0 Å². The molecule has 0 spiro atoms. The van der Waals surface area contributed by atoms with Crippen LogP contribution in [0.5, 0.6) is 5.75 Å². The van der Waals surface area contributed by atoms with Crippen LogP contribution in [0.4, 0.5) is 17.1 Å². The number of benzene rings is 3. The average Bonchev–Trinajstić information content (AvgIpc) is 3.04. The van der Waals surface area contributed by atoms with E-state index in [1.807, 2.05) is 49.3 Å². The van der Waals surface area contributed by atoms with Crippen LogP contribution in [0.1, 0.15) is 5.56 Å². The Morgan fingerprint density at radius 2 is 1.66 bits per heavy atom. The molecule has 0 saturated heterocycles. The summed E-state index contributed by atoms with van der Waals surface area (Å²) in [6.45, 7) is 0. The lowest BCUT2D eigenvalue weighted by Gasteiger charge is -2.19. The number of ether oxygens (including phenoxy) is 1. The van der Waals surface area contributed by atoms with Crippen molar-refractivity contribution >= 4 is 46.1 Å². The number of nitrogens with zero attached hydrogens (tertiary/aromatic N) is 2. The second-order valence-electron chi connectivity index (χ2n) is 7.45. The van der Waals surface area contributed by atoms with Gasteiger partial charge in [0.15, 0.2) is 0 Å². The predicted octanol–water partition coefficient (Wildman–Crippen LogP) is 4.81. The lowest BCUT2D eigenvalue weighted by atomic mass is 10.0. The van der Waals surface area contributed by atoms with Gasteiger partial charge in [-0.25, -0.2) is 4.90 Å². The Morgan fingerprint density at radius 1 is 0.906 bits per heavy atom. The van der Waals surface area contributed by atoms with Crippen molar-refractivity contribution in [3.63, 3.8) is 0 Å². The van der Waals surface area contributed by atoms with E-state index < -0.39 is 11.8 Å². The number of anilines is 3. The fourth-order valence-electron chi connectivity index (χ4n) is 3.58. The molecule has 0 bridgehead atoms. The molecule has 7 heteroatoms. The van der Waals surface area contributed by atoms with E-state index in [1.54, 1.807) is 42.5 Å². The van der Waals surface area contributed by atoms with E-state index >= 15 is 0 Å². The second kappa shape index (κ2) is 8.77. The van der Waals surface area contributed by atoms with Crippen LogP contribution in [0.25, 0.3) is 5.57 Å². The van der Waals surface area contributed by atoms with Gasteiger partial charge >= 0.3 is 0 Å². The standard InChI is InChI=1S/C25H22ClN3O3/c1-28(2)18-10-7-11-19(15-18)29-24(30)22(16-8-5-4-6-9-16)23(25(29)31)27-20-14-17(26)12-13-21(20)32-3/h4-15,27H,1-3H3. The van der Waals surface area contributed by atoms with E-state index in [0.717, 1.165) is 5.69 Å². The molecular weight excluding hydrogens is 426 g/mol. The van der Waals surface area contributed by atoms with Crippen molar-refractivity contribution in [1.29, 1.82) is 0 Å². The number of carbonyl (C=O) groups is 2. The molecule has 0 radical (unpaired) electrons. The van der Waals surface area contributed by atoms with Crippen molar-refractivity contribution < 1.29 is 14.3 Å². The van der Waals surface area contributed by atoms with Gasteiger partial charge in [0.25, 0.3) is 11.8 Å². The minimum Gasteiger partial charge on any atom is -0.495 e. The normalized spacial score (nSPS) is 13.6.